The predicted molar refractivity (Wildman–Crippen MR) is 113 cm³/mol. The molecule has 0 bridgehead atoms. The molecule has 0 saturated heterocycles. The van der Waals surface area contributed by atoms with Gasteiger partial charge in [0.2, 0.25) is 5.91 Å². The summed E-state index contributed by atoms with van der Waals surface area (Å²) in [6.07, 6.45) is 0. The lowest BCUT2D eigenvalue weighted by Gasteiger charge is -2.18. The molecule has 0 aliphatic heterocycles. The second-order valence-corrected chi connectivity index (χ2v) is 7.36. The number of amides is 1. The molecule has 0 atom stereocenters. The molecule has 3 rings (SSSR count). The minimum absolute atomic E-state index is 0.00263. The highest BCUT2D eigenvalue weighted by Gasteiger charge is 2.16. The number of methoxy groups -OCH3 is 2. The van der Waals surface area contributed by atoms with Crippen molar-refractivity contribution in [3.63, 3.8) is 0 Å². The second kappa shape index (κ2) is 9.47. The molecule has 0 radical (unpaired) electrons. The van der Waals surface area contributed by atoms with Gasteiger partial charge in [0.1, 0.15) is 17.3 Å². The Bertz CT molecular complexity index is 972. The van der Waals surface area contributed by atoms with Crippen molar-refractivity contribution in [2.75, 3.05) is 27.0 Å². The second-order valence-electron chi connectivity index (χ2n) is 6.41. The van der Waals surface area contributed by atoms with Crippen LogP contribution in [0.1, 0.15) is 11.4 Å². The van der Waals surface area contributed by atoms with Gasteiger partial charge in [-0.15, -0.1) is 10.2 Å². The number of aromatic nitrogens is 3. The highest BCUT2D eigenvalue weighted by molar-refractivity contribution is 7.99. The van der Waals surface area contributed by atoms with Crippen molar-refractivity contribution in [3.8, 4) is 17.2 Å². The molecule has 0 aliphatic carbocycles. The average Bonchev–Trinajstić information content (AvgIpc) is 3.12. The van der Waals surface area contributed by atoms with Gasteiger partial charge >= 0.3 is 0 Å². The van der Waals surface area contributed by atoms with E-state index in [1.807, 2.05) is 60.0 Å². The van der Waals surface area contributed by atoms with Gasteiger partial charge < -0.3 is 14.4 Å². The molecule has 8 heteroatoms. The first-order valence-corrected chi connectivity index (χ1v) is 10.1. The Morgan fingerprint density at radius 1 is 1.07 bits per heavy atom. The van der Waals surface area contributed by atoms with E-state index in [1.54, 1.807) is 26.2 Å². The Morgan fingerprint density at radius 2 is 1.79 bits per heavy atom. The van der Waals surface area contributed by atoms with E-state index < -0.39 is 0 Å². The lowest BCUT2D eigenvalue weighted by Crippen LogP contribution is -2.28. The Balaban J connectivity index is 1.67. The Morgan fingerprint density at radius 3 is 2.48 bits per heavy atom. The molecule has 1 heterocycles. The molecule has 29 heavy (non-hydrogen) atoms. The van der Waals surface area contributed by atoms with E-state index in [1.165, 1.54) is 11.8 Å². The van der Waals surface area contributed by atoms with Crippen molar-refractivity contribution >= 4 is 17.7 Å². The molecule has 2 aromatic carbocycles. The summed E-state index contributed by atoms with van der Waals surface area (Å²) >= 11 is 1.37. The summed E-state index contributed by atoms with van der Waals surface area (Å²) in [4.78, 5) is 14.3. The summed E-state index contributed by atoms with van der Waals surface area (Å²) < 4.78 is 12.5. The van der Waals surface area contributed by atoms with E-state index in [0.717, 1.165) is 28.6 Å². The molecule has 152 valence electrons. The van der Waals surface area contributed by atoms with Crippen LogP contribution in [-0.2, 0) is 11.3 Å². The maximum Gasteiger partial charge on any atom is 0.233 e. The van der Waals surface area contributed by atoms with E-state index in [9.17, 15) is 4.79 Å². The van der Waals surface area contributed by atoms with Crippen LogP contribution in [0, 0.1) is 6.92 Å². The summed E-state index contributed by atoms with van der Waals surface area (Å²) in [5, 5.41) is 9.07. The highest BCUT2D eigenvalue weighted by Crippen LogP contribution is 2.24. The zero-order valence-corrected chi connectivity index (χ0v) is 17.8. The lowest BCUT2D eigenvalue weighted by atomic mass is 10.2. The molecule has 1 aromatic heterocycles. The number of hydrogen-bond donors (Lipinski definition) is 0. The van der Waals surface area contributed by atoms with Crippen LogP contribution in [0.2, 0.25) is 0 Å². The average molecular weight is 413 g/mol. The third kappa shape index (κ3) is 4.89. The van der Waals surface area contributed by atoms with Crippen molar-refractivity contribution in [2.24, 2.45) is 0 Å². The molecular formula is C21H24N4O3S. The first kappa shape index (κ1) is 20.7. The SMILES string of the molecule is COc1ccc(-n2c(C)nnc2SCC(=O)N(C)Cc2ccccc2OC)cc1. The number of carbonyl (C=O) groups excluding carboxylic acids is 1. The fraction of sp³-hybridized carbons (Fsp3) is 0.286. The van der Waals surface area contributed by atoms with Crippen molar-refractivity contribution in [2.45, 2.75) is 18.6 Å². The van der Waals surface area contributed by atoms with Gasteiger partial charge in [0.15, 0.2) is 5.16 Å². The van der Waals surface area contributed by atoms with Crippen molar-refractivity contribution in [3.05, 3.63) is 59.9 Å². The normalized spacial score (nSPS) is 10.6. The number of thioether (sulfide) groups is 1. The first-order chi connectivity index (χ1) is 14.0. The maximum atomic E-state index is 12.6. The van der Waals surface area contributed by atoms with Gasteiger partial charge in [0.25, 0.3) is 0 Å². The van der Waals surface area contributed by atoms with E-state index in [0.29, 0.717) is 11.7 Å². The number of nitrogens with zero attached hydrogens (tertiary/aromatic N) is 4. The van der Waals surface area contributed by atoms with E-state index >= 15 is 0 Å². The highest BCUT2D eigenvalue weighted by atomic mass is 32.2. The van der Waals surface area contributed by atoms with Crippen LogP contribution < -0.4 is 9.47 Å². The number of rotatable bonds is 8. The number of carbonyl (C=O) groups is 1. The summed E-state index contributed by atoms with van der Waals surface area (Å²) in [6.45, 7) is 2.37. The summed E-state index contributed by atoms with van der Waals surface area (Å²) in [5.41, 5.74) is 1.89. The Kier molecular flexibility index (Phi) is 6.77. The van der Waals surface area contributed by atoms with Crippen LogP contribution in [0.25, 0.3) is 5.69 Å². The van der Waals surface area contributed by atoms with E-state index in [2.05, 4.69) is 10.2 Å². The van der Waals surface area contributed by atoms with Crippen LogP contribution >= 0.6 is 11.8 Å². The van der Waals surface area contributed by atoms with Crippen LogP contribution in [0.3, 0.4) is 0 Å². The van der Waals surface area contributed by atoms with Gasteiger partial charge in [-0.1, -0.05) is 30.0 Å². The molecule has 3 aromatic rings. The van der Waals surface area contributed by atoms with Gasteiger partial charge in [0.05, 0.1) is 20.0 Å². The van der Waals surface area contributed by atoms with E-state index in [4.69, 9.17) is 9.47 Å². The third-order valence-electron chi connectivity index (χ3n) is 4.48. The maximum absolute atomic E-state index is 12.6. The molecule has 0 aliphatic rings. The minimum atomic E-state index is 0.00263. The molecular weight excluding hydrogens is 388 g/mol. The van der Waals surface area contributed by atoms with Gasteiger partial charge in [-0.05, 0) is 37.3 Å². The number of ether oxygens (including phenoxy) is 2. The molecule has 0 spiro atoms. The zero-order chi connectivity index (χ0) is 20.8. The minimum Gasteiger partial charge on any atom is -0.497 e. The topological polar surface area (TPSA) is 69.5 Å². The molecule has 7 nitrogen and oxygen atoms in total. The quantitative estimate of drug-likeness (QED) is 0.529. The summed E-state index contributed by atoms with van der Waals surface area (Å²) in [6, 6.07) is 15.3. The monoisotopic (exact) mass is 412 g/mol. The van der Waals surface area contributed by atoms with Crippen LogP contribution in [0.4, 0.5) is 0 Å². The molecule has 0 N–H and O–H groups in total. The standard InChI is InChI=1S/C21H24N4O3S/c1-15-22-23-21(25(15)17-9-11-18(27-3)12-10-17)29-14-20(26)24(2)13-16-7-5-6-8-19(16)28-4/h5-12H,13-14H2,1-4H3. The predicted octanol–water partition coefficient (Wildman–Crippen LogP) is 3.34. The number of benzene rings is 2. The number of aryl methyl sites for hydroxylation is 1. The third-order valence-corrected chi connectivity index (χ3v) is 5.39. The molecule has 0 fully saturated rings. The number of hydrogen-bond acceptors (Lipinski definition) is 6. The first-order valence-electron chi connectivity index (χ1n) is 9.08. The molecule has 1 amide bonds. The van der Waals surface area contributed by atoms with E-state index in [-0.39, 0.29) is 11.7 Å². The van der Waals surface area contributed by atoms with Gasteiger partial charge in [-0.2, -0.15) is 0 Å². The Hall–Kier alpha value is -3.00. The fourth-order valence-corrected chi connectivity index (χ4v) is 3.82. The smallest absolute Gasteiger partial charge is 0.233 e. The van der Waals surface area contributed by atoms with Crippen LogP contribution in [0.5, 0.6) is 11.5 Å². The van der Waals surface area contributed by atoms with Crippen molar-refractivity contribution < 1.29 is 14.3 Å². The fourth-order valence-electron chi connectivity index (χ4n) is 2.88. The van der Waals surface area contributed by atoms with Gasteiger partial charge in [-0.3, -0.25) is 9.36 Å². The van der Waals surface area contributed by atoms with Crippen molar-refractivity contribution in [1.82, 2.24) is 19.7 Å². The van der Waals surface area contributed by atoms with Crippen LogP contribution in [-0.4, -0.2) is 52.6 Å². The largest absolute Gasteiger partial charge is 0.497 e. The van der Waals surface area contributed by atoms with Gasteiger partial charge in [0, 0.05) is 24.8 Å². The zero-order valence-electron chi connectivity index (χ0n) is 17.0. The number of para-hydroxylation sites is 1. The van der Waals surface area contributed by atoms with Gasteiger partial charge in [-0.25, -0.2) is 0 Å². The Labute approximate surface area is 174 Å². The lowest BCUT2D eigenvalue weighted by molar-refractivity contribution is -0.127. The molecule has 0 unspecified atom stereocenters. The van der Waals surface area contributed by atoms with Crippen LogP contribution in [0.15, 0.2) is 53.7 Å². The summed E-state index contributed by atoms with van der Waals surface area (Å²) in [7, 11) is 5.05. The molecule has 0 saturated carbocycles. The van der Waals surface area contributed by atoms with Crippen molar-refractivity contribution in [1.29, 1.82) is 0 Å². The summed E-state index contributed by atoms with van der Waals surface area (Å²) in [5.74, 6) is 2.58.